The summed E-state index contributed by atoms with van der Waals surface area (Å²) in [7, 11) is 2.09. The van der Waals surface area contributed by atoms with Crippen molar-refractivity contribution in [2.24, 2.45) is 5.73 Å². The number of aliphatic carboxylic acids is 1. The Morgan fingerprint density at radius 1 is 1.02 bits per heavy atom. The van der Waals surface area contributed by atoms with Gasteiger partial charge in [0.1, 0.15) is 36.0 Å². The van der Waals surface area contributed by atoms with Crippen LogP contribution in [0.1, 0.15) is 23.4 Å². The number of aromatic hydroxyl groups is 2. The maximum atomic E-state index is 13.9. The van der Waals surface area contributed by atoms with Crippen LogP contribution >= 0.6 is 0 Å². The first-order valence-corrected chi connectivity index (χ1v) is 14.9. The first kappa shape index (κ1) is 36.1. The number of anilines is 1. The third-order valence-electron chi connectivity index (χ3n) is 7.71. The third kappa shape index (κ3) is 9.87. The normalized spacial score (nSPS) is 17.4. The van der Waals surface area contributed by atoms with Crippen LogP contribution in [0.15, 0.2) is 77.3 Å². The number of nitrogens with two attached hydrogens (primary N) is 1. The van der Waals surface area contributed by atoms with E-state index in [0.717, 1.165) is 28.9 Å². The molecule has 6 N–H and O–H groups in total. The second kappa shape index (κ2) is 15.0. The number of hydrogen-bond acceptors (Lipinski definition) is 8. The van der Waals surface area contributed by atoms with Crippen molar-refractivity contribution < 1.29 is 56.5 Å². The molecule has 1 fully saturated rings. The van der Waals surface area contributed by atoms with Gasteiger partial charge in [0.05, 0.1) is 20.0 Å². The Bertz CT molecular complexity index is 1840. The zero-order valence-electron chi connectivity index (χ0n) is 26.5. The quantitative estimate of drug-likeness (QED) is 0.134. The number of primary amides is 1. The molecule has 258 valence electrons. The molecular formula is C33H35F3N6O7+2. The van der Waals surface area contributed by atoms with Gasteiger partial charge in [-0.3, -0.25) is 4.79 Å². The van der Waals surface area contributed by atoms with Crippen LogP contribution < -0.4 is 11.1 Å². The van der Waals surface area contributed by atoms with Crippen LogP contribution in [0.2, 0.25) is 0 Å². The first-order valence-electron chi connectivity index (χ1n) is 14.9. The van der Waals surface area contributed by atoms with Gasteiger partial charge in [0, 0.05) is 24.5 Å². The summed E-state index contributed by atoms with van der Waals surface area (Å²) in [5.74, 6) is -2.19. The monoisotopic (exact) mass is 684 g/mol. The Kier molecular flexibility index (Phi) is 11.0. The number of phenolic OH excluding ortho intramolecular Hbond substituents is 2. The van der Waals surface area contributed by atoms with Crippen molar-refractivity contribution in [2.45, 2.75) is 38.5 Å². The fourth-order valence-electron chi connectivity index (χ4n) is 5.41. The van der Waals surface area contributed by atoms with E-state index in [9.17, 15) is 33.0 Å². The van der Waals surface area contributed by atoms with Crippen LogP contribution in [0.5, 0.6) is 11.5 Å². The highest BCUT2D eigenvalue weighted by Gasteiger charge is 2.41. The van der Waals surface area contributed by atoms with Gasteiger partial charge < -0.3 is 30.1 Å². The molecule has 0 bridgehead atoms. The van der Waals surface area contributed by atoms with Gasteiger partial charge in [-0.25, -0.2) is 10.1 Å². The molecule has 1 aliphatic heterocycles. The molecule has 0 saturated carbocycles. The van der Waals surface area contributed by atoms with Gasteiger partial charge in [-0.15, -0.1) is 0 Å². The number of amides is 3. The summed E-state index contributed by atoms with van der Waals surface area (Å²) in [4.78, 5) is 40.0. The molecule has 16 heteroatoms. The Morgan fingerprint density at radius 2 is 1.67 bits per heavy atom. The number of quaternary nitrogens is 1. The molecule has 49 heavy (non-hydrogen) atoms. The highest BCUT2D eigenvalue weighted by atomic mass is 19.4. The zero-order chi connectivity index (χ0) is 35.9. The fraction of sp³-hybridized carbons (Fsp3) is 0.273. The van der Waals surface area contributed by atoms with Crippen molar-refractivity contribution >= 4 is 29.3 Å². The van der Waals surface area contributed by atoms with E-state index >= 15 is 0 Å². The van der Waals surface area contributed by atoms with Crippen LogP contribution in [0, 0.1) is 6.92 Å². The van der Waals surface area contributed by atoms with Crippen LogP contribution in [-0.4, -0.2) is 90.5 Å². The Labute approximate surface area is 278 Å². The van der Waals surface area contributed by atoms with Crippen LogP contribution in [-0.2, 0) is 22.6 Å². The van der Waals surface area contributed by atoms with Crippen LogP contribution in [0.4, 0.5) is 23.7 Å². The maximum Gasteiger partial charge on any atom is 0.496 e. The van der Waals surface area contributed by atoms with Crippen molar-refractivity contribution in [3.63, 3.8) is 0 Å². The number of phenols is 2. The molecular weight excluding hydrogens is 649 g/mol. The van der Waals surface area contributed by atoms with E-state index in [4.69, 9.17) is 20.2 Å². The largest absolute Gasteiger partial charge is 0.508 e. The molecule has 1 aliphatic rings. The molecule has 1 saturated heterocycles. The lowest BCUT2D eigenvalue weighted by Gasteiger charge is -2.28. The summed E-state index contributed by atoms with van der Waals surface area (Å²) >= 11 is 0. The smallest absolute Gasteiger partial charge is 0.496 e. The minimum Gasteiger partial charge on any atom is -0.508 e. The number of nitrogens with one attached hydrogen (secondary N) is 1. The van der Waals surface area contributed by atoms with Gasteiger partial charge >= 0.3 is 18.2 Å². The number of rotatable bonds is 8. The van der Waals surface area contributed by atoms with Crippen LogP contribution in [0.25, 0.3) is 11.4 Å². The van der Waals surface area contributed by atoms with E-state index < -0.39 is 30.1 Å². The van der Waals surface area contributed by atoms with Gasteiger partial charge in [0.15, 0.2) is 6.04 Å². The van der Waals surface area contributed by atoms with Crippen molar-refractivity contribution in [3.8, 4) is 22.9 Å². The van der Waals surface area contributed by atoms with Crippen molar-refractivity contribution in [3.05, 3.63) is 89.8 Å². The average molecular weight is 685 g/mol. The number of benzene rings is 3. The summed E-state index contributed by atoms with van der Waals surface area (Å²) in [6.07, 6.45) is -4.32. The van der Waals surface area contributed by atoms with Gasteiger partial charge in [-0.1, -0.05) is 29.4 Å². The van der Waals surface area contributed by atoms with E-state index in [1.807, 2.05) is 12.1 Å². The first-order chi connectivity index (χ1) is 23.0. The lowest BCUT2D eigenvalue weighted by Crippen LogP contribution is -2.49. The number of halogens is 3. The molecule has 4 aromatic rings. The molecule has 2 heterocycles. The molecule has 1 aromatic heterocycles. The molecule has 0 spiro atoms. The molecule has 3 aromatic carbocycles. The molecule has 0 aliphatic carbocycles. The Morgan fingerprint density at radius 3 is 2.22 bits per heavy atom. The van der Waals surface area contributed by atoms with Crippen molar-refractivity contribution in [1.29, 1.82) is 0 Å². The minimum absolute atomic E-state index is 0.105. The predicted octanol–water partition coefficient (Wildman–Crippen LogP) is 4.22. The zero-order valence-corrected chi connectivity index (χ0v) is 26.5. The van der Waals surface area contributed by atoms with E-state index in [-0.39, 0.29) is 17.9 Å². The molecule has 2 atom stereocenters. The number of alkyl halides is 3. The van der Waals surface area contributed by atoms with Crippen molar-refractivity contribution in [2.75, 3.05) is 25.5 Å². The summed E-state index contributed by atoms with van der Waals surface area (Å²) in [6.45, 7) is 3.60. The number of aromatic nitrogens is 2. The highest BCUT2D eigenvalue weighted by Crippen LogP contribution is 2.24. The number of nitrogens with zero attached hydrogens (tertiary/aromatic N) is 4. The Hall–Kier alpha value is -5.77. The summed E-state index contributed by atoms with van der Waals surface area (Å²) in [5.41, 5.74) is 9.70. The van der Waals surface area contributed by atoms with E-state index in [1.165, 1.54) is 16.7 Å². The second-order valence-corrected chi connectivity index (χ2v) is 11.8. The third-order valence-corrected chi connectivity index (χ3v) is 7.71. The lowest BCUT2D eigenvalue weighted by atomic mass is 10.0. The number of carboxylic acids is 1. The molecule has 5 rings (SSSR count). The molecule has 0 radical (unpaired) electrons. The van der Waals surface area contributed by atoms with Crippen LogP contribution in [0.3, 0.4) is 0 Å². The van der Waals surface area contributed by atoms with E-state index in [0.29, 0.717) is 41.4 Å². The average Bonchev–Trinajstić information content (AvgIpc) is 3.63. The standard InChI is InChI=1S/C31H32N6O5.C2HF3O2/c1-20-33-30(35-42-20)23-8-10-24(11-9-23)34-31(41)36(28(29(32)40)17-21-6-12-26(38)13-7-21)25-14-15-37(2,19-25)18-22-4-3-5-27(39)16-22;3-2(4,5)1(6)7/h3-13,16,28H,14-15,17-19H2,1-2H3,(H3-2,32,34,35,38,39,40,41);(H,6,7)/p+2/b36-25+;/t28-,37?;/m0./s1. The summed E-state index contributed by atoms with van der Waals surface area (Å²) in [5, 5.41) is 33.7. The van der Waals surface area contributed by atoms with Crippen molar-refractivity contribution in [1.82, 2.24) is 10.1 Å². The molecule has 1 unspecified atom stereocenters. The van der Waals surface area contributed by atoms with Gasteiger partial charge in [0.2, 0.25) is 11.7 Å². The van der Waals surface area contributed by atoms with Gasteiger partial charge in [-0.2, -0.15) is 27.5 Å². The Balaban J connectivity index is 0.000000698. The number of carboxylic acid groups (broad SMARTS) is 1. The second-order valence-electron chi connectivity index (χ2n) is 11.8. The highest BCUT2D eigenvalue weighted by molar-refractivity contribution is 5.94. The van der Waals surface area contributed by atoms with Gasteiger partial charge in [-0.05, 0) is 54.1 Å². The number of likely N-dealkylation sites (tertiary alicyclic amines) is 1. The summed E-state index contributed by atoms with van der Waals surface area (Å²) < 4.78 is 38.9. The number of carbonyl (C=O) groups is 3. The summed E-state index contributed by atoms with van der Waals surface area (Å²) in [6, 6.07) is 19.2. The topological polar surface area (TPSA) is 192 Å². The number of hydrogen-bond donors (Lipinski definition) is 5. The number of carbonyl (C=O) groups excluding carboxylic acids is 2. The van der Waals surface area contributed by atoms with Gasteiger partial charge in [0.25, 0.3) is 5.91 Å². The predicted molar refractivity (Wildman–Crippen MR) is 170 cm³/mol. The lowest BCUT2D eigenvalue weighted by molar-refractivity contribution is -0.907. The SMILES string of the molecule is Cc1nc(-c2ccc(NC(=O)/[N+](=C3\CC[N+](C)(Cc4cccc(O)c4)C3)[C@@H](Cc3ccc(O)cc3)C(N)=O)cc2)no1.O=C(O)C(F)(F)F. The number of urea groups is 1. The number of aryl methyl sites for hydroxylation is 1. The molecule has 3 amide bonds. The molecule has 13 nitrogen and oxygen atoms in total. The fourth-order valence-corrected chi connectivity index (χ4v) is 5.41. The van der Waals surface area contributed by atoms with E-state index in [1.54, 1.807) is 55.5 Å². The minimum atomic E-state index is -5.08. The maximum absolute atomic E-state index is 13.9. The van der Waals surface area contributed by atoms with E-state index in [2.05, 4.69) is 22.5 Å².